The molecule has 3 N–H and O–H groups in total. The summed E-state index contributed by atoms with van der Waals surface area (Å²) < 4.78 is 37.2. The monoisotopic (exact) mass is 1160 g/mol. The van der Waals surface area contributed by atoms with Crippen LogP contribution in [0, 0.1) is 16.7 Å². The zero-order chi connectivity index (χ0) is 61.4. The van der Waals surface area contributed by atoms with Gasteiger partial charge < -0.3 is 44.0 Å². The van der Waals surface area contributed by atoms with Gasteiger partial charge in [-0.25, -0.2) is 9.59 Å². The first-order valence-corrected chi connectivity index (χ1v) is 29.3. The van der Waals surface area contributed by atoms with Crippen molar-refractivity contribution in [2.75, 3.05) is 6.61 Å². The van der Waals surface area contributed by atoms with Gasteiger partial charge in [0.1, 0.15) is 30.0 Å². The van der Waals surface area contributed by atoms with Crippen LogP contribution in [0.1, 0.15) is 145 Å². The van der Waals surface area contributed by atoms with Crippen LogP contribution in [-0.4, -0.2) is 106 Å². The van der Waals surface area contributed by atoms with Crippen molar-refractivity contribution in [3.63, 3.8) is 0 Å². The molecule has 3 aliphatic carbocycles. The molecule has 16 heteroatoms. The first-order chi connectivity index (χ1) is 40.7. The Kier molecular flexibility index (Phi) is 22.4. The molecule has 1 saturated heterocycles. The van der Waals surface area contributed by atoms with E-state index in [1.807, 2.05) is 18.2 Å². The number of amides is 1. The minimum Gasteiger partial charge on any atom is -0.455 e. The van der Waals surface area contributed by atoms with Gasteiger partial charge >= 0.3 is 29.8 Å². The van der Waals surface area contributed by atoms with Gasteiger partial charge in [0, 0.05) is 44.1 Å². The Labute approximate surface area is 498 Å². The Bertz CT molecular complexity index is 3070. The predicted octanol–water partition coefficient (Wildman–Crippen LogP) is 10.8. The van der Waals surface area contributed by atoms with E-state index in [1.54, 1.807) is 92.7 Å². The van der Waals surface area contributed by atoms with Crippen LogP contribution in [0.25, 0.3) is 0 Å². The highest BCUT2D eigenvalue weighted by Crippen LogP contribution is 2.64. The quantitative estimate of drug-likeness (QED) is 0.0407. The number of benzene rings is 3. The maximum atomic E-state index is 15.8. The van der Waals surface area contributed by atoms with E-state index < -0.39 is 119 Å². The third kappa shape index (κ3) is 14.8. The Morgan fingerprint density at radius 3 is 1.75 bits per heavy atom. The molecule has 3 fully saturated rings. The minimum absolute atomic E-state index is 0.0256. The van der Waals surface area contributed by atoms with Gasteiger partial charge in [0.05, 0.1) is 29.6 Å². The molecule has 7 rings (SSSR count). The zero-order valence-electron chi connectivity index (χ0n) is 49.7. The lowest BCUT2D eigenvalue weighted by atomic mass is 9.44. The molecule has 1 amide bonds. The molecular formula is C69H81NO15. The number of Topliss-reactive ketones (excluding diaryl/α,β-unsaturated/α-hetero) is 1. The number of hydrogen-bond donors (Lipinski definition) is 3. The van der Waals surface area contributed by atoms with Crippen molar-refractivity contribution >= 4 is 41.5 Å². The highest BCUT2D eigenvalue weighted by atomic mass is 16.6. The van der Waals surface area contributed by atoms with E-state index in [0.29, 0.717) is 12.0 Å². The summed E-state index contributed by atoms with van der Waals surface area (Å²) >= 11 is 0. The van der Waals surface area contributed by atoms with Gasteiger partial charge in [0.2, 0.25) is 6.10 Å². The molecule has 0 spiro atoms. The Morgan fingerprint density at radius 1 is 0.706 bits per heavy atom. The standard InChI is InChI=1S/C69H81NO15/c1-8-9-10-11-12-13-14-15-16-17-18-19-20-21-22-23-24-25-35-42-55(74)83-59(57(49-36-29-26-30-37-49)70-63(76)50-38-31-27-32-39-50)65(78)82-52-44-69(79)62(84-64(77)51-40-33-28-34-41-51)60-67(7,53(73)43-54-68(60,45-80-54)85-48(4)72)61(75)58(81-47(3)71)56(46(52)2)66(69,5)6/h9-10,12-13,15-16,18-19,21-22,24-34,36-41,52-54,57-60,62,73,79H,8,11,14,17,20,23,35,42-45H2,1-7H3,(H,70,76)/t52?,53-,54+,57-,58+,59?,60-,62-,67+,68-,69+/m0/s1. The van der Waals surface area contributed by atoms with Crippen LogP contribution < -0.4 is 5.32 Å². The summed E-state index contributed by atoms with van der Waals surface area (Å²) in [5, 5.41) is 29.2. The van der Waals surface area contributed by atoms with Crippen LogP contribution >= 0.6 is 0 Å². The van der Waals surface area contributed by atoms with E-state index in [-0.39, 0.29) is 48.1 Å². The van der Waals surface area contributed by atoms with Gasteiger partial charge in [-0.2, -0.15) is 0 Å². The van der Waals surface area contributed by atoms with Crippen molar-refractivity contribution < 1.29 is 72.2 Å². The van der Waals surface area contributed by atoms with Crippen LogP contribution in [0.5, 0.6) is 0 Å². The van der Waals surface area contributed by atoms with E-state index >= 15 is 9.59 Å². The fourth-order valence-electron chi connectivity index (χ4n) is 12.3. The number of aliphatic hydroxyl groups is 2. The second-order valence-corrected chi connectivity index (χ2v) is 22.8. The molecule has 0 radical (unpaired) electrons. The van der Waals surface area contributed by atoms with Gasteiger partial charge in [-0.15, -0.1) is 0 Å². The van der Waals surface area contributed by atoms with E-state index in [2.05, 4.69) is 66.9 Å². The summed E-state index contributed by atoms with van der Waals surface area (Å²) in [6.45, 7) is 10.1. The highest BCUT2D eigenvalue weighted by Gasteiger charge is 2.78. The van der Waals surface area contributed by atoms with Crippen LogP contribution in [-0.2, 0) is 52.4 Å². The van der Waals surface area contributed by atoms with E-state index in [0.717, 1.165) is 46.0 Å². The zero-order valence-corrected chi connectivity index (χ0v) is 49.7. The molecule has 1 aliphatic heterocycles. The first kappa shape index (κ1) is 64.8. The van der Waals surface area contributed by atoms with Crippen molar-refractivity contribution in [3.8, 4) is 0 Å². The van der Waals surface area contributed by atoms with Gasteiger partial charge in [0.15, 0.2) is 17.5 Å². The number of rotatable bonds is 25. The van der Waals surface area contributed by atoms with Gasteiger partial charge in [-0.3, -0.25) is 24.0 Å². The fourth-order valence-corrected chi connectivity index (χ4v) is 12.3. The van der Waals surface area contributed by atoms with Crippen molar-refractivity contribution in [2.24, 2.45) is 16.7 Å². The van der Waals surface area contributed by atoms with Crippen LogP contribution in [0.2, 0.25) is 0 Å². The summed E-state index contributed by atoms with van der Waals surface area (Å²) in [4.78, 5) is 101. The second kappa shape index (κ2) is 29.3. The first-order valence-electron chi connectivity index (χ1n) is 29.3. The third-order valence-corrected chi connectivity index (χ3v) is 16.8. The topological polar surface area (TPSA) is 227 Å². The largest absolute Gasteiger partial charge is 0.455 e. The number of allylic oxidation sites excluding steroid dienone is 12. The summed E-state index contributed by atoms with van der Waals surface area (Å²) in [7, 11) is 0. The number of carbonyl (C=O) groups excluding carboxylic acids is 7. The maximum absolute atomic E-state index is 15.8. The molecule has 85 heavy (non-hydrogen) atoms. The summed E-state index contributed by atoms with van der Waals surface area (Å²) in [5.74, 6) is -7.73. The molecule has 4 aliphatic rings. The predicted molar refractivity (Wildman–Crippen MR) is 319 cm³/mol. The Hall–Kier alpha value is -7.79. The fraction of sp³-hybridized carbons (Fsp3) is 0.435. The number of ketones is 1. The molecule has 11 atom stereocenters. The molecule has 2 unspecified atom stereocenters. The number of aliphatic hydroxyl groups excluding tert-OH is 1. The molecule has 3 aromatic rings. The number of ether oxygens (including phenoxy) is 6. The molecule has 2 saturated carbocycles. The molecular weight excluding hydrogens is 1080 g/mol. The Balaban J connectivity index is 1.21. The van der Waals surface area contributed by atoms with Crippen LogP contribution in [0.15, 0.2) is 175 Å². The summed E-state index contributed by atoms with van der Waals surface area (Å²) in [6.07, 6.45) is 19.4. The van der Waals surface area contributed by atoms with Gasteiger partial charge in [0.25, 0.3) is 5.91 Å². The molecule has 16 nitrogen and oxygen atoms in total. The normalized spacial score (nSPS) is 27.0. The summed E-state index contributed by atoms with van der Waals surface area (Å²) in [6, 6.07) is 23.1. The minimum atomic E-state index is -2.46. The Morgan fingerprint density at radius 2 is 1.24 bits per heavy atom. The van der Waals surface area contributed by atoms with Crippen LogP contribution in [0.3, 0.4) is 0 Å². The van der Waals surface area contributed by atoms with Crippen molar-refractivity contribution in [2.45, 2.75) is 167 Å². The average molecular weight is 1160 g/mol. The lowest BCUT2D eigenvalue weighted by Crippen LogP contribution is -2.82. The molecule has 452 valence electrons. The van der Waals surface area contributed by atoms with Crippen molar-refractivity contribution in [1.82, 2.24) is 5.32 Å². The molecule has 2 bridgehead atoms. The number of hydrogen-bond acceptors (Lipinski definition) is 15. The molecule has 3 aromatic carbocycles. The van der Waals surface area contributed by atoms with Crippen LogP contribution in [0.4, 0.5) is 0 Å². The maximum Gasteiger partial charge on any atom is 0.350 e. The number of nitrogens with one attached hydrogen (secondary N) is 1. The average Bonchev–Trinajstić information content (AvgIpc) is 0.690. The van der Waals surface area contributed by atoms with E-state index in [9.17, 15) is 34.2 Å². The number of fused-ring (bicyclic) bond motifs is 5. The van der Waals surface area contributed by atoms with Gasteiger partial charge in [-0.05, 0) is 99.8 Å². The lowest BCUT2D eigenvalue weighted by Gasteiger charge is -2.67. The smallest absolute Gasteiger partial charge is 0.350 e. The lowest BCUT2D eigenvalue weighted by molar-refractivity contribution is -0.346. The van der Waals surface area contributed by atoms with Crippen molar-refractivity contribution in [3.05, 3.63) is 192 Å². The highest BCUT2D eigenvalue weighted by molar-refractivity contribution is 5.96. The van der Waals surface area contributed by atoms with Crippen molar-refractivity contribution in [1.29, 1.82) is 0 Å². The third-order valence-electron chi connectivity index (χ3n) is 16.8. The van der Waals surface area contributed by atoms with E-state index in [1.165, 1.54) is 26.0 Å². The van der Waals surface area contributed by atoms with E-state index in [4.69, 9.17) is 28.4 Å². The second-order valence-electron chi connectivity index (χ2n) is 22.8. The number of carbonyl (C=O) groups is 7. The molecule has 0 aromatic heterocycles. The SMILES string of the molecule is CCC=CCC=CCC=CCC=CCC=CCC=CCCC(=O)OC(C(=O)OC1C[C@@]2(O)[C@@H](OC(=O)c3ccccc3)[C@@H]3[C@]4(OC(C)=O)CO[C@@H]4C[C@H](O)[C@@]3(C)C(=O)[C@H](OC(C)=O)C(=C1C)C2(C)C)[C@@H](NC(=O)c1ccccc1)c1ccccc1. The summed E-state index contributed by atoms with van der Waals surface area (Å²) in [5.41, 5.74) is -7.33. The van der Waals surface area contributed by atoms with Gasteiger partial charge in [-0.1, -0.05) is 160 Å². The molecule has 1 heterocycles. The number of esters is 5.